The Labute approximate surface area is 199 Å². The van der Waals surface area contributed by atoms with Crippen LogP contribution in [-0.4, -0.2) is 65.3 Å². The molecule has 1 unspecified atom stereocenters. The highest BCUT2D eigenvalue weighted by Crippen LogP contribution is 2.71. The van der Waals surface area contributed by atoms with Gasteiger partial charge < -0.3 is 24.3 Å². The Balaban J connectivity index is 1.41. The number of aliphatic hydroxyl groups excluding tert-OH is 2. The van der Waals surface area contributed by atoms with Crippen LogP contribution >= 0.6 is 0 Å². The third-order valence-electron chi connectivity index (χ3n) is 10.6. The molecule has 34 heavy (non-hydrogen) atoms. The van der Waals surface area contributed by atoms with Gasteiger partial charge in [-0.05, 0) is 36.1 Å². The fourth-order valence-electron chi connectivity index (χ4n) is 9.65. The van der Waals surface area contributed by atoms with Crippen LogP contribution in [-0.2, 0) is 16.7 Å². The first-order valence-corrected chi connectivity index (χ1v) is 12.6. The summed E-state index contributed by atoms with van der Waals surface area (Å²) in [5.74, 6) is 1.04. The molecule has 0 amide bonds. The van der Waals surface area contributed by atoms with Crippen molar-refractivity contribution in [1.82, 2.24) is 0 Å². The number of para-hydroxylation sites is 1. The number of methoxy groups -OCH3 is 1. The molecule has 10 atom stereocenters. The molecule has 5 aliphatic heterocycles. The third-order valence-corrected chi connectivity index (χ3v) is 10.6. The van der Waals surface area contributed by atoms with Gasteiger partial charge in [-0.3, -0.25) is 4.48 Å². The Morgan fingerprint density at radius 2 is 2.03 bits per heavy atom. The monoisotopic (exact) mass is 465 g/mol. The summed E-state index contributed by atoms with van der Waals surface area (Å²) in [6.07, 6.45) is 1.83. The number of esters is 1. The lowest BCUT2D eigenvalue weighted by atomic mass is 9.60. The van der Waals surface area contributed by atoms with E-state index in [0.29, 0.717) is 22.7 Å². The Morgan fingerprint density at radius 1 is 1.24 bits per heavy atom. The van der Waals surface area contributed by atoms with Gasteiger partial charge in [0, 0.05) is 37.4 Å². The largest absolute Gasteiger partial charge is 0.463 e. The standard InChI is InChI=1S/C27H33N2O5/c1-4-15-16-11-19-23-27(17-7-5-6-8-18(17)28(23)2)12-20(22(16)24(27)30)29(19,25(15)31)13-14-9-10-21(34-14)26(32)33-3/h5-10,15-16,19-20,22-25,30-31H,4,11-13H2,1-3H3/q+1/t15-,16-,19+,20-,22+,23-,24-,25+,27+,29?/m0/s1. The van der Waals surface area contributed by atoms with E-state index in [4.69, 9.17) is 9.15 Å². The molecule has 1 aromatic heterocycles. The molecule has 1 aromatic carbocycles. The number of furan rings is 1. The zero-order chi connectivity index (χ0) is 23.6. The van der Waals surface area contributed by atoms with E-state index in [0.717, 1.165) is 19.3 Å². The second kappa shape index (κ2) is 6.65. The molecule has 5 fully saturated rings. The number of hydrogen-bond acceptors (Lipinski definition) is 6. The lowest BCUT2D eigenvalue weighted by Gasteiger charge is -2.67. The quantitative estimate of drug-likeness (QED) is 0.534. The van der Waals surface area contributed by atoms with Crippen molar-refractivity contribution in [2.75, 3.05) is 19.1 Å². The third kappa shape index (κ3) is 2.10. The molecule has 2 aromatic rings. The number of likely N-dealkylation sites (N-methyl/N-ethyl adjacent to an activating group) is 1. The predicted octanol–water partition coefficient (Wildman–Crippen LogP) is 2.65. The predicted molar refractivity (Wildman–Crippen MR) is 124 cm³/mol. The second-order valence-corrected chi connectivity index (χ2v) is 11.3. The summed E-state index contributed by atoms with van der Waals surface area (Å²) in [4.78, 5) is 14.4. The van der Waals surface area contributed by atoms with E-state index in [1.165, 1.54) is 18.4 Å². The number of anilines is 1. The molecule has 1 saturated carbocycles. The fourth-order valence-corrected chi connectivity index (χ4v) is 9.65. The lowest BCUT2D eigenvalue weighted by Crippen LogP contribution is -2.82. The minimum atomic E-state index is -0.512. The van der Waals surface area contributed by atoms with Gasteiger partial charge in [0.1, 0.15) is 12.6 Å². The molecule has 4 saturated heterocycles. The average molecular weight is 466 g/mol. The van der Waals surface area contributed by atoms with E-state index in [9.17, 15) is 15.0 Å². The summed E-state index contributed by atoms with van der Waals surface area (Å²) in [6.45, 7) is 2.69. The van der Waals surface area contributed by atoms with Crippen LogP contribution in [0.15, 0.2) is 40.8 Å². The zero-order valence-electron chi connectivity index (χ0n) is 19.9. The molecule has 2 N–H and O–H groups in total. The van der Waals surface area contributed by atoms with E-state index >= 15 is 0 Å². The minimum Gasteiger partial charge on any atom is -0.463 e. The molecular weight excluding hydrogens is 432 g/mol. The van der Waals surface area contributed by atoms with Gasteiger partial charge in [-0.1, -0.05) is 25.1 Å². The van der Waals surface area contributed by atoms with Crippen molar-refractivity contribution in [2.24, 2.45) is 17.8 Å². The zero-order valence-corrected chi connectivity index (χ0v) is 19.9. The van der Waals surface area contributed by atoms with Crippen molar-refractivity contribution in [3.8, 4) is 0 Å². The molecule has 0 radical (unpaired) electrons. The second-order valence-electron chi connectivity index (χ2n) is 11.3. The first-order valence-electron chi connectivity index (χ1n) is 12.6. The lowest BCUT2D eigenvalue weighted by molar-refractivity contribution is -1.05. The van der Waals surface area contributed by atoms with Crippen LogP contribution in [0, 0.1) is 17.8 Å². The van der Waals surface area contributed by atoms with Gasteiger partial charge in [0.25, 0.3) is 0 Å². The molecule has 7 heteroatoms. The molecule has 7 nitrogen and oxygen atoms in total. The summed E-state index contributed by atoms with van der Waals surface area (Å²) < 4.78 is 11.3. The minimum absolute atomic E-state index is 0.119. The Hall–Kier alpha value is -2.35. The highest BCUT2D eigenvalue weighted by Gasteiger charge is 2.83. The fraction of sp³-hybridized carbons (Fsp3) is 0.593. The number of aliphatic hydroxyl groups is 2. The molecule has 1 aliphatic carbocycles. The number of rotatable bonds is 4. The summed E-state index contributed by atoms with van der Waals surface area (Å²) in [6, 6.07) is 12.6. The highest BCUT2D eigenvalue weighted by molar-refractivity contribution is 5.86. The number of benzene rings is 1. The summed E-state index contributed by atoms with van der Waals surface area (Å²) in [7, 11) is 3.51. The summed E-state index contributed by atoms with van der Waals surface area (Å²) in [5, 5.41) is 24.1. The molecular formula is C27H33N2O5+. The molecule has 8 rings (SSSR count). The molecule has 6 aliphatic rings. The van der Waals surface area contributed by atoms with Crippen molar-refractivity contribution < 1.29 is 28.6 Å². The Morgan fingerprint density at radius 3 is 2.79 bits per heavy atom. The van der Waals surface area contributed by atoms with Crippen LogP contribution in [0.5, 0.6) is 0 Å². The number of carbonyl (C=O) groups excluding carboxylic acids is 1. The van der Waals surface area contributed by atoms with Gasteiger partial charge in [0.05, 0.1) is 30.7 Å². The van der Waals surface area contributed by atoms with Crippen molar-refractivity contribution in [1.29, 1.82) is 0 Å². The van der Waals surface area contributed by atoms with Crippen LogP contribution in [0.4, 0.5) is 5.69 Å². The Bertz CT molecular complexity index is 1180. The number of piperidine rings is 4. The van der Waals surface area contributed by atoms with Gasteiger partial charge in [0.15, 0.2) is 12.0 Å². The van der Waals surface area contributed by atoms with Crippen LogP contribution in [0.1, 0.15) is 48.1 Å². The normalized spacial score (nSPS) is 44.9. The average Bonchev–Trinajstić information content (AvgIpc) is 3.47. The van der Waals surface area contributed by atoms with Crippen molar-refractivity contribution in [3.05, 3.63) is 53.5 Å². The number of ether oxygens (including phenoxy) is 1. The van der Waals surface area contributed by atoms with Crippen molar-refractivity contribution in [2.45, 2.75) is 68.6 Å². The first kappa shape index (κ1) is 21.0. The van der Waals surface area contributed by atoms with Crippen LogP contribution in [0.25, 0.3) is 0 Å². The number of carbonyl (C=O) groups is 1. The van der Waals surface area contributed by atoms with Crippen molar-refractivity contribution in [3.63, 3.8) is 0 Å². The van der Waals surface area contributed by atoms with Crippen LogP contribution in [0.2, 0.25) is 0 Å². The number of quaternary nitrogens is 1. The van der Waals surface area contributed by atoms with Gasteiger partial charge in [0.2, 0.25) is 5.76 Å². The SMILES string of the molecule is CC[C@H]1[C@@H]2C[C@@H]3[C@@H]4N(C)c5ccccc5[C@]45C[C@@H]([C@@H]2[C@@H]5O)[N+]3(Cc2ccc(C(=O)OC)o2)[C@@H]1O. The maximum Gasteiger partial charge on any atom is 0.373 e. The highest BCUT2D eigenvalue weighted by atomic mass is 16.5. The smallest absolute Gasteiger partial charge is 0.373 e. The van der Waals surface area contributed by atoms with E-state index in [-0.39, 0.29) is 41.1 Å². The summed E-state index contributed by atoms with van der Waals surface area (Å²) in [5.41, 5.74) is 2.20. The van der Waals surface area contributed by atoms with Crippen LogP contribution < -0.4 is 4.90 Å². The van der Waals surface area contributed by atoms with E-state index in [1.807, 2.05) is 6.07 Å². The van der Waals surface area contributed by atoms with E-state index < -0.39 is 18.3 Å². The van der Waals surface area contributed by atoms with E-state index in [1.54, 1.807) is 6.07 Å². The topological polar surface area (TPSA) is 83.1 Å². The maximum absolute atomic E-state index is 12.1. The van der Waals surface area contributed by atoms with Crippen molar-refractivity contribution >= 4 is 11.7 Å². The van der Waals surface area contributed by atoms with E-state index in [2.05, 4.69) is 43.1 Å². The van der Waals surface area contributed by atoms with Gasteiger partial charge in [-0.15, -0.1) is 0 Å². The number of hydrogen-bond donors (Lipinski definition) is 2. The Kier molecular flexibility index (Phi) is 4.10. The van der Waals surface area contributed by atoms with Gasteiger partial charge in [-0.25, -0.2) is 4.79 Å². The molecule has 1 spiro atoms. The first-order chi connectivity index (χ1) is 16.4. The molecule has 180 valence electrons. The number of fused-ring (bicyclic) bond motifs is 2. The van der Waals surface area contributed by atoms with Crippen LogP contribution in [0.3, 0.4) is 0 Å². The number of nitrogens with zero attached hydrogens (tertiary/aromatic N) is 2. The van der Waals surface area contributed by atoms with Gasteiger partial charge >= 0.3 is 5.97 Å². The molecule has 6 heterocycles. The van der Waals surface area contributed by atoms with Gasteiger partial charge in [-0.2, -0.15) is 0 Å². The molecule has 5 bridgehead atoms. The maximum atomic E-state index is 12.1. The summed E-state index contributed by atoms with van der Waals surface area (Å²) >= 11 is 0.